The SMILES string of the molecule is OCCc1cn(CCC2OCCO2)nc1C(F)(F)F. The molecule has 5 nitrogen and oxygen atoms in total. The third kappa shape index (κ3) is 3.68. The molecule has 2 heterocycles. The second kappa shape index (κ2) is 5.89. The van der Waals surface area contributed by atoms with E-state index in [1.807, 2.05) is 0 Å². The van der Waals surface area contributed by atoms with Crippen LogP contribution in [-0.4, -0.2) is 41.0 Å². The molecule has 1 aromatic heterocycles. The molecule has 108 valence electrons. The Hall–Kier alpha value is -1.12. The zero-order valence-electron chi connectivity index (χ0n) is 10.2. The summed E-state index contributed by atoms with van der Waals surface area (Å²) < 4.78 is 49.8. The van der Waals surface area contributed by atoms with E-state index in [0.29, 0.717) is 19.6 Å². The molecule has 1 aromatic rings. The number of ether oxygens (including phenoxy) is 2. The number of hydrogen-bond acceptors (Lipinski definition) is 4. The summed E-state index contributed by atoms with van der Waals surface area (Å²) in [6, 6.07) is 0. The van der Waals surface area contributed by atoms with Crippen LogP contribution in [0, 0.1) is 0 Å². The first-order chi connectivity index (χ1) is 9.00. The first-order valence-corrected chi connectivity index (χ1v) is 5.98. The van der Waals surface area contributed by atoms with E-state index in [-0.39, 0.29) is 31.4 Å². The molecular formula is C11H15F3N2O3. The predicted molar refractivity (Wildman–Crippen MR) is 58.3 cm³/mol. The summed E-state index contributed by atoms with van der Waals surface area (Å²) in [6.45, 7) is 0.948. The maximum atomic E-state index is 12.7. The highest BCUT2D eigenvalue weighted by molar-refractivity contribution is 5.20. The third-order valence-corrected chi connectivity index (χ3v) is 2.77. The van der Waals surface area contributed by atoms with E-state index in [1.54, 1.807) is 0 Å². The molecular weight excluding hydrogens is 265 g/mol. The fourth-order valence-electron chi connectivity index (χ4n) is 1.93. The van der Waals surface area contributed by atoms with Crippen molar-refractivity contribution in [1.82, 2.24) is 9.78 Å². The topological polar surface area (TPSA) is 56.5 Å². The Kier molecular flexibility index (Phi) is 4.43. The van der Waals surface area contributed by atoms with Crippen molar-refractivity contribution in [2.24, 2.45) is 0 Å². The maximum Gasteiger partial charge on any atom is 0.435 e. The summed E-state index contributed by atoms with van der Waals surface area (Å²) in [6.07, 6.45) is -3.19. The van der Waals surface area contributed by atoms with Crippen LogP contribution >= 0.6 is 0 Å². The molecule has 1 fully saturated rings. The van der Waals surface area contributed by atoms with Gasteiger partial charge < -0.3 is 14.6 Å². The van der Waals surface area contributed by atoms with Crippen LogP contribution in [0.15, 0.2) is 6.20 Å². The fraction of sp³-hybridized carbons (Fsp3) is 0.727. The highest BCUT2D eigenvalue weighted by Crippen LogP contribution is 2.31. The van der Waals surface area contributed by atoms with Gasteiger partial charge in [-0.2, -0.15) is 18.3 Å². The van der Waals surface area contributed by atoms with E-state index < -0.39 is 11.9 Å². The number of rotatable bonds is 5. The number of nitrogens with zero attached hydrogens (tertiary/aromatic N) is 2. The number of hydrogen-bond donors (Lipinski definition) is 1. The van der Waals surface area contributed by atoms with Crippen molar-refractivity contribution in [3.05, 3.63) is 17.5 Å². The molecule has 1 aliphatic heterocycles. The van der Waals surface area contributed by atoms with Gasteiger partial charge in [-0.05, 0) is 6.42 Å². The van der Waals surface area contributed by atoms with Crippen LogP contribution in [0.3, 0.4) is 0 Å². The van der Waals surface area contributed by atoms with E-state index in [0.717, 1.165) is 0 Å². The normalized spacial score (nSPS) is 17.3. The standard InChI is InChI=1S/C11H15F3N2O3/c12-11(13,14)10-8(2-4-17)7-16(15-10)3-1-9-18-5-6-19-9/h7,9,17H,1-6H2. The van der Waals surface area contributed by atoms with Crippen LogP contribution in [-0.2, 0) is 28.6 Å². The maximum absolute atomic E-state index is 12.7. The molecule has 0 saturated carbocycles. The van der Waals surface area contributed by atoms with Crippen molar-refractivity contribution in [3.8, 4) is 0 Å². The first kappa shape index (κ1) is 14.3. The van der Waals surface area contributed by atoms with Gasteiger partial charge in [-0.3, -0.25) is 4.68 Å². The number of aromatic nitrogens is 2. The Bertz CT molecular complexity index is 414. The van der Waals surface area contributed by atoms with Gasteiger partial charge in [-0.1, -0.05) is 0 Å². The molecule has 1 aliphatic rings. The van der Waals surface area contributed by atoms with Crippen LogP contribution < -0.4 is 0 Å². The number of alkyl halides is 3. The van der Waals surface area contributed by atoms with Crippen LogP contribution in [0.2, 0.25) is 0 Å². The summed E-state index contributed by atoms with van der Waals surface area (Å²) >= 11 is 0. The summed E-state index contributed by atoms with van der Waals surface area (Å²) in [5, 5.41) is 12.3. The van der Waals surface area contributed by atoms with E-state index in [4.69, 9.17) is 14.6 Å². The van der Waals surface area contributed by atoms with Gasteiger partial charge in [0.1, 0.15) is 0 Å². The van der Waals surface area contributed by atoms with Crippen molar-refractivity contribution in [2.45, 2.75) is 31.9 Å². The quantitative estimate of drug-likeness (QED) is 0.880. The van der Waals surface area contributed by atoms with E-state index in [1.165, 1.54) is 10.9 Å². The van der Waals surface area contributed by atoms with Gasteiger partial charge in [0.2, 0.25) is 0 Å². The average Bonchev–Trinajstić information content (AvgIpc) is 2.94. The molecule has 0 bridgehead atoms. The minimum absolute atomic E-state index is 0.00302. The summed E-state index contributed by atoms with van der Waals surface area (Å²) in [7, 11) is 0. The van der Waals surface area contributed by atoms with Crippen LogP contribution in [0.25, 0.3) is 0 Å². The fourth-order valence-corrected chi connectivity index (χ4v) is 1.93. The Morgan fingerprint density at radius 3 is 2.63 bits per heavy atom. The average molecular weight is 280 g/mol. The molecule has 8 heteroatoms. The highest BCUT2D eigenvalue weighted by atomic mass is 19.4. The van der Waals surface area contributed by atoms with Crippen molar-refractivity contribution < 1.29 is 27.8 Å². The Balaban J connectivity index is 2.04. The molecule has 0 aliphatic carbocycles. The van der Waals surface area contributed by atoms with Gasteiger partial charge in [-0.15, -0.1) is 0 Å². The summed E-state index contributed by atoms with van der Waals surface area (Å²) in [5.41, 5.74) is -0.932. The van der Waals surface area contributed by atoms with Crippen molar-refractivity contribution in [2.75, 3.05) is 19.8 Å². The highest BCUT2D eigenvalue weighted by Gasteiger charge is 2.36. The lowest BCUT2D eigenvalue weighted by molar-refractivity contribution is -0.142. The van der Waals surface area contributed by atoms with Gasteiger partial charge in [-0.25, -0.2) is 0 Å². The molecule has 0 spiro atoms. The van der Waals surface area contributed by atoms with Crippen molar-refractivity contribution in [3.63, 3.8) is 0 Å². The first-order valence-electron chi connectivity index (χ1n) is 5.98. The molecule has 1 N–H and O–H groups in total. The smallest absolute Gasteiger partial charge is 0.396 e. The second-order valence-corrected chi connectivity index (χ2v) is 4.20. The summed E-state index contributed by atoms with van der Waals surface area (Å²) in [4.78, 5) is 0. The Morgan fingerprint density at radius 1 is 1.37 bits per heavy atom. The molecule has 1 saturated heterocycles. The van der Waals surface area contributed by atoms with Gasteiger partial charge in [0.15, 0.2) is 12.0 Å². The van der Waals surface area contributed by atoms with E-state index in [9.17, 15) is 13.2 Å². The van der Waals surface area contributed by atoms with Gasteiger partial charge in [0, 0.05) is 31.3 Å². The summed E-state index contributed by atoms with van der Waals surface area (Å²) in [5.74, 6) is 0. The lowest BCUT2D eigenvalue weighted by atomic mass is 10.2. The number of halogens is 3. The van der Waals surface area contributed by atoms with Crippen molar-refractivity contribution >= 4 is 0 Å². The van der Waals surface area contributed by atoms with Crippen molar-refractivity contribution in [1.29, 1.82) is 0 Å². The molecule has 0 atom stereocenters. The zero-order chi connectivity index (χ0) is 13.9. The molecule has 0 unspecified atom stereocenters. The lowest BCUT2D eigenvalue weighted by Gasteiger charge is -2.08. The van der Waals surface area contributed by atoms with E-state index in [2.05, 4.69) is 5.10 Å². The minimum Gasteiger partial charge on any atom is -0.396 e. The number of aliphatic hydroxyl groups excluding tert-OH is 1. The largest absolute Gasteiger partial charge is 0.435 e. The Labute approximate surface area is 107 Å². The second-order valence-electron chi connectivity index (χ2n) is 4.20. The third-order valence-electron chi connectivity index (χ3n) is 2.77. The number of aryl methyl sites for hydroxylation is 1. The molecule has 0 amide bonds. The Morgan fingerprint density at radius 2 is 2.05 bits per heavy atom. The molecule has 19 heavy (non-hydrogen) atoms. The minimum atomic E-state index is -4.50. The molecule has 0 radical (unpaired) electrons. The predicted octanol–water partition coefficient (Wildman–Crippen LogP) is 1.20. The van der Waals surface area contributed by atoms with Crippen LogP contribution in [0.1, 0.15) is 17.7 Å². The van der Waals surface area contributed by atoms with Gasteiger partial charge >= 0.3 is 6.18 Å². The lowest BCUT2D eigenvalue weighted by Crippen LogP contribution is -2.13. The molecule has 0 aromatic carbocycles. The number of aliphatic hydroxyl groups is 1. The monoisotopic (exact) mass is 280 g/mol. The van der Waals surface area contributed by atoms with Crippen LogP contribution in [0.4, 0.5) is 13.2 Å². The molecule has 2 rings (SSSR count). The van der Waals surface area contributed by atoms with Gasteiger partial charge in [0.25, 0.3) is 0 Å². The van der Waals surface area contributed by atoms with Gasteiger partial charge in [0.05, 0.1) is 13.2 Å². The van der Waals surface area contributed by atoms with E-state index >= 15 is 0 Å². The zero-order valence-corrected chi connectivity index (χ0v) is 10.2. The van der Waals surface area contributed by atoms with Crippen LogP contribution in [0.5, 0.6) is 0 Å².